The molecule has 2 aliphatic rings. The maximum absolute atomic E-state index is 14.9. The van der Waals surface area contributed by atoms with Gasteiger partial charge in [0.05, 0.1) is 36.7 Å². The van der Waals surface area contributed by atoms with Gasteiger partial charge in [-0.3, -0.25) is 9.69 Å². The van der Waals surface area contributed by atoms with Gasteiger partial charge in [-0.1, -0.05) is 6.57 Å². The molecule has 2 saturated heterocycles. The first-order valence-electron chi connectivity index (χ1n) is 10.0. The Morgan fingerprint density at radius 3 is 2.81 bits per heavy atom. The normalized spacial score (nSPS) is 19.3. The number of amides is 2. The predicted octanol–water partition coefficient (Wildman–Crippen LogP) is 2.27. The lowest BCUT2D eigenvalue weighted by atomic mass is 10.0. The van der Waals surface area contributed by atoms with Crippen LogP contribution in [0, 0.1) is 12.4 Å². The van der Waals surface area contributed by atoms with Crippen molar-refractivity contribution in [3.8, 4) is 0 Å². The van der Waals surface area contributed by atoms with Gasteiger partial charge in [0.2, 0.25) is 5.91 Å². The minimum absolute atomic E-state index is 0.126. The maximum atomic E-state index is 14.9. The second-order valence-electron chi connectivity index (χ2n) is 7.58. The topological polar surface area (TPSA) is 96.9 Å². The van der Waals surface area contributed by atoms with Crippen molar-refractivity contribution >= 4 is 29.2 Å². The molecule has 162 valence electrons. The van der Waals surface area contributed by atoms with Crippen molar-refractivity contribution in [2.75, 3.05) is 36.0 Å². The lowest BCUT2D eigenvalue weighted by Gasteiger charge is -2.33. The van der Waals surface area contributed by atoms with E-state index in [2.05, 4.69) is 20.5 Å². The fourth-order valence-corrected chi connectivity index (χ4v) is 3.88. The lowest BCUT2D eigenvalue weighted by molar-refractivity contribution is -0.119. The third-order valence-electron chi connectivity index (χ3n) is 5.49. The van der Waals surface area contributed by atoms with Crippen molar-refractivity contribution in [1.82, 2.24) is 20.3 Å². The van der Waals surface area contributed by atoms with Gasteiger partial charge in [-0.25, -0.2) is 13.9 Å². The Hall–Kier alpha value is -3.68. The molecule has 1 aromatic heterocycles. The summed E-state index contributed by atoms with van der Waals surface area (Å²) in [4.78, 5) is 29.8. The van der Waals surface area contributed by atoms with Crippen molar-refractivity contribution in [2.24, 2.45) is 0 Å². The summed E-state index contributed by atoms with van der Waals surface area (Å²) in [5.74, 6) is -0.349. The van der Waals surface area contributed by atoms with Crippen molar-refractivity contribution in [3.05, 3.63) is 41.6 Å². The van der Waals surface area contributed by atoms with E-state index in [1.54, 1.807) is 23.0 Å². The van der Waals surface area contributed by atoms with Crippen LogP contribution >= 0.6 is 0 Å². The zero-order chi connectivity index (χ0) is 22.0. The molecule has 2 amide bonds. The molecule has 11 heteroatoms. The Balaban J connectivity index is 1.39. The number of piperidine rings is 1. The molecule has 2 aromatic rings. The summed E-state index contributed by atoms with van der Waals surface area (Å²) in [5.41, 5.74) is 0.894. The lowest BCUT2D eigenvalue weighted by Crippen LogP contribution is -2.35. The molecule has 0 aliphatic carbocycles. The van der Waals surface area contributed by atoms with E-state index in [1.807, 2.05) is 4.90 Å². The SMILES string of the molecule is [C-]#[N+]c1cn(C2CCN(c3ccc(N4C[C@H](CNC(C)=O)OC4=O)cc3F)CC2)nn1. The number of cyclic esters (lactones) is 1. The molecule has 0 bridgehead atoms. The summed E-state index contributed by atoms with van der Waals surface area (Å²) >= 11 is 0. The monoisotopic (exact) mass is 427 g/mol. The Labute approximate surface area is 178 Å². The number of carbonyl (C=O) groups excluding carboxylic acids is 2. The molecule has 2 aliphatic heterocycles. The van der Waals surface area contributed by atoms with Crippen LogP contribution in [0.2, 0.25) is 0 Å². The van der Waals surface area contributed by atoms with Gasteiger partial charge in [-0.2, -0.15) is 0 Å². The number of nitrogens with one attached hydrogen (secondary N) is 1. The van der Waals surface area contributed by atoms with Crippen molar-refractivity contribution in [1.29, 1.82) is 0 Å². The van der Waals surface area contributed by atoms with Crippen LogP contribution in [-0.2, 0) is 9.53 Å². The van der Waals surface area contributed by atoms with Crippen LogP contribution in [0.25, 0.3) is 4.85 Å². The number of rotatable bonds is 5. The highest BCUT2D eigenvalue weighted by molar-refractivity contribution is 5.90. The molecular formula is C20H22FN7O3. The number of ether oxygens (including phenoxy) is 1. The molecule has 0 saturated carbocycles. The standard InChI is InChI=1S/C20H22FN7O3/c1-13(29)23-10-16-11-27(20(30)31-16)15-3-4-18(17(21)9-15)26-7-5-14(6-8-26)28-12-19(22-2)24-25-28/h3-4,9,12,14,16H,5-8,10-11H2,1H3,(H,23,29)/t16-/m0/s1. The van der Waals surface area contributed by atoms with Gasteiger partial charge < -0.3 is 19.8 Å². The van der Waals surface area contributed by atoms with Crippen LogP contribution < -0.4 is 15.1 Å². The maximum Gasteiger partial charge on any atom is 0.414 e. The van der Waals surface area contributed by atoms with Crippen LogP contribution in [0.4, 0.5) is 26.4 Å². The number of anilines is 2. The largest absolute Gasteiger partial charge is 0.442 e. The first kappa shape index (κ1) is 20.6. The van der Waals surface area contributed by atoms with Crippen molar-refractivity contribution in [3.63, 3.8) is 0 Å². The molecule has 4 rings (SSSR count). The van der Waals surface area contributed by atoms with E-state index in [0.29, 0.717) is 24.5 Å². The third-order valence-corrected chi connectivity index (χ3v) is 5.49. The highest BCUT2D eigenvalue weighted by Gasteiger charge is 2.33. The number of aromatic nitrogens is 3. The van der Waals surface area contributed by atoms with E-state index in [-0.39, 0.29) is 30.9 Å². The fourth-order valence-electron chi connectivity index (χ4n) is 3.88. The average Bonchev–Trinajstić information content (AvgIpc) is 3.39. The molecule has 2 fully saturated rings. The molecule has 1 atom stereocenters. The third kappa shape index (κ3) is 4.42. The first-order chi connectivity index (χ1) is 14.9. The number of halogens is 1. The van der Waals surface area contributed by atoms with E-state index >= 15 is 0 Å². The van der Waals surface area contributed by atoms with Gasteiger partial charge in [0.15, 0.2) is 0 Å². The number of benzene rings is 1. The minimum atomic E-state index is -0.560. The molecule has 3 heterocycles. The van der Waals surface area contributed by atoms with Gasteiger partial charge >= 0.3 is 11.9 Å². The number of hydrogen-bond acceptors (Lipinski definition) is 6. The molecule has 31 heavy (non-hydrogen) atoms. The zero-order valence-corrected chi connectivity index (χ0v) is 17.0. The smallest absolute Gasteiger partial charge is 0.414 e. The molecule has 0 spiro atoms. The summed E-state index contributed by atoms with van der Waals surface area (Å²) in [6.07, 6.45) is 2.11. The minimum Gasteiger partial charge on any atom is -0.442 e. The highest BCUT2D eigenvalue weighted by Crippen LogP contribution is 2.31. The van der Waals surface area contributed by atoms with Gasteiger partial charge in [-0.05, 0) is 31.0 Å². The number of nitrogens with zero attached hydrogens (tertiary/aromatic N) is 6. The van der Waals surface area contributed by atoms with E-state index in [9.17, 15) is 14.0 Å². The second kappa shape index (κ2) is 8.59. The molecule has 1 N–H and O–H groups in total. The summed E-state index contributed by atoms with van der Waals surface area (Å²) in [6, 6.07) is 4.84. The van der Waals surface area contributed by atoms with Gasteiger partial charge in [-0.15, -0.1) is 0 Å². The van der Waals surface area contributed by atoms with Crippen LogP contribution in [0.1, 0.15) is 25.8 Å². The van der Waals surface area contributed by atoms with Crippen molar-refractivity contribution < 1.29 is 18.7 Å². The Kier molecular flexibility index (Phi) is 5.70. The molecule has 10 nitrogen and oxygen atoms in total. The van der Waals surface area contributed by atoms with Crippen LogP contribution in [0.3, 0.4) is 0 Å². The first-order valence-corrected chi connectivity index (χ1v) is 10.0. The summed E-state index contributed by atoms with van der Waals surface area (Å²) in [6.45, 7) is 10.1. The summed E-state index contributed by atoms with van der Waals surface area (Å²) in [7, 11) is 0. The van der Waals surface area contributed by atoms with Crippen LogP contribution in [0.15, 0.2) is 24.4 Å². The van der Waals surface area contributed by atoms with Gasteiger partial charge in [0.1, 0.15) is 11.9 Å². The number of hydrogen-bond donors (Lipinski definition) is 1. The van der Waals surface area contributed by atoms with Crippen LogP contribution in [0.5, 0.6) is 0 Å². The second-order valence-corrected chi connectivity index (χ2v) is 7.58. The highest BCUT2D eigenvalue weighted by atomic mass is 19.1. The van der Waals surface area contributed by atoms with Crippen LogP contribution in [-0.4, -0.2) is 59.3 Å². The predicted molar refractivity (Wildman–Crippen MR) is 109 cm³/mol. The number of carbonyl (C=O) groups is 2. The van der Waals surface area contributed by atoms with E-state index < -0.39 is 18.0 Å². The molecule has 0 radical (unpaired) electrons. The zero-order valence-electron chi connectivity index (χ0n) is 17.0. The quantitative estimate of drug-likeness (QED) is 0.736. The van der Waals surface area contributed by atoms with Gasteiger partial charge in [0, 0.05) is 30.3 Å². The van der Waals surface area contributed by atoms with E-state index in [1.165, 1.54) is 17.9 Å². The molecular weight excluding hydrogens is 405 g/mol. The average molecular weight is 427 g/mol. The van der Waals surface area contributed by atoms with E-state index in [0.717, 1.165) is 12.8 Å². The summed E-state index contributed by atoms with van der Waals surface area (Å²) in [5, 5.41) is 10.4. The fraction of sp³-hybridized carbons (Fsp3) is 0.450. The molecule has 0 unspecified atom stereocenters. The Bertz CT molecular complexity index is 1030. The Morgan fingerprint density at radius 2 is 2.16 bits per heavy atom. The molecule has 1 aromatic carbocycles. The Morgan fingerprint density at radius 1 is 1.39 bits per heavy atom. The summed E-state index contributed by atoms with van der Waals surface area (Å²) < 4.78 is 21.8. The van der Waals surface area contributed by atoms with Gasteiger partial charge in [0.25, 0.3) is 0 Å². The van der Waals surface area contributed by atoms with E-state index in [4.69, 9.17) is 11.3 Å². The van der Waals surface area contributed by atoms with Crippen molar-refractivity contribution in [2.45, 2.75) is 31.9 Å².